The number of H-pyrrole nitrogens is 1. The fourth-order valence-corrected chi connectivity index (χ4v) is 3.44. The molecule has 0 saturated carbocycles. The van der Waals surface area contributed by atoms with E-state index in [9.17, 15) is 14.0 Å². The smallest absolute Gasteiger partial charge is 0.340 e. The number of nitrogens with one attached hydrogen (secondary N) is 1. The lowest BCUT2D eigenvalue weighted by Gasteiger charge is -2.07. The lowest BCUT2D eigenvalue weighted by Crippen LogP contribution is -2.08. The Labute approximate surface area is 179 Å². The quantitative estimate of drug-likeness (QED) is 0.296. The van der Waals surface area contributed by atoms with Gasteiger partial charge in [-0.25, -0.2) is 9.18 Å². The number of ether oxygens (including phenoxy) is 1. The number of hydrogen-bond donors (Lipinski definition) is 1. The number of ketones is 1. The topological polar surface area (TPSA) is 59.2 Å². The summed E-state index contributed by atoms with van der Waals surface area (Å²) in [4.78, 5) is 28.2. The molecule has 0 atom stereocenters. The minimum atomic E-state index is -0.423. The third-order valence-corrected chi connectivity index (χ3v) is 4.84. The summed E-state index contributed by atoms with van der Waals surface area (Å²) < 4.78 is 18.3. The van der Waals surface area contributed by atoms with Crippen LogP contribution < -0.4 is 0 Å². The van der Waals surface area contributed by atoms with Crippen molar-refractivity contribution < 1.29 is 18.7 Å². The molecule has 0 bridgehead atoms. The van der Waals surface area contributed by atoms with Gasteiger partial charge in [0, 0.05) is 28.4 Å². The predicted molar refractivity (Wildman–Crippen MR) is 116 cm³/mol. The monoisotopic (exact) mass is 425 g/mol. The van der Waals surface area contributed by atoms with Gasteiger partial charge in [-0.1, -0.05) is 23.7 Å². The fraction of sp³-hybridized carbons (Fsp3) is 0.167. The fourth-order valence-electron chi connectivity index (χ4n) is 3.23. The molecule has 154 valence electrons. The van der Waals surface area contributed by atoms with Gasteiger partial charge >= 0.3 is 5.97 Å². The molecule has 0 amide bonds. The highest BCUT2D eigenvalue weighted by atomic mass is 35.5. The van der Waals surface area contributed by atoms with Crippen molar-refractivity contribution in [2.45, 2.75) is 20.3 Å². The largest absolute Gasteiger partial charge is 0.462 e. The van der Waals surface area contributed by atoms with Crippen LogP contribution in [0.25, 0.3) is 6.08 Å². The standard InChI is InChI=1S/C24H21ClFNO3/c1-3-30-24(29)23-15(2)27-21(20(23)14-16-5-4-6-18(25)13-16)11-12-22(28)17-7-9-19(26)10-8-17/h4-13,27H,3,14H2,1-2H3. The number of esters is 1. The molecule has 3 aromatic rings. The van der Waals surface area contributed by atoms with Gasteiger partial charge in [0.2, 0.25) is 0 Å². The number of aryl methyl sites for hydroxylation is 1. The summed E-state index contributed by atoms with van der Waals surface area (Å²) in [7, 11) is 0. The van der Waals surface area contributed by atoms with Crippen molar-refractivity contribution >= 4 is 29.4 Å². The molecule has 0 aliphatic heterocycles. The molecule has 0 saturated heterocycles. The summed E-state index contributed by atoms with van der Waals surface area (Å²) in [5.41, 5.74) is 3.75. The third kappa shape index (κ3) is 5.05. The molecular weight excluding hydrogens is 405 g/mol. The van der Waals surface area contributed by atoms with Gasteiger partial charge in [-0.05, 0) is 73.5 Å². The van der Waals surface area contributed by atoms with Crippen molar-refractivity contribution in [3.05, 3.63) is 99.1 Å². The van der Waals surface area contributed by atoms with Crippen LogP contribution >= 0.6 is 11.6 Å². The first-order valence-electron chi connectivity index (χ1n) is 9.50. The number of carbonyl (C=O) groups is 2. The summed E-state index contributed by atoms with van der Waals surface area (Å²) in [5, 5.41) is 0.598. The molecular formula is C24H21ClFNO3. The zero-order chi connectivity index (χ0) is 21.7. The van der Waals surface area contributed by atoms with Crippen molar-refractivity contribution in [1.29, 1.82) is 0 Å². The summed E-state index contributed by atoms with van der Waals surface area (Å²) in [6, 6.07) is 12.7. The van der Waals surface area contributed by atoms with Gasteiger partial charge in [-0.3, -0.25) is 4.79 Å². The average molecular weight is 426 g/mol. The van der Waals surface area contributed by atoms with Crippen molar-refractivity contribution in [3.8, 4) is 0 Å². The van der Waals surface area contributed by atoms with Crippen LogP contribution in [0.5, 0.6) is 0 Å². The molecule has 0 fully saturated rings. The lowest BCUT2D eigenvalue weighted by atomic mass is 9.99. The van der Waals surface area contributed by atoms with Gasteiger partial charge in [-0.2, -0.15) is 0 Å². The van der Waals surface area contributed by atoms with Crippen LogP contribution in [0.15, 0.2) is 54.6 Å². The van der Waals surface area contributed by atoms with E-state index in [1.807, 2.05) is 18.2 Å². The van der Waals surface area contributed by atoms with Crippen molar-refractivity contribution in [1.82, 2.24) is 4.98 Å². The predicted octanol–water partition coefficient (Wildman–Crippen LogP) is 5.78. The van der Waals surface area contributed by atoms with Gasteiger partial charge in [0.05, 0.1) is 12.2 Å². The second-order valence-corrected chi connectivity index (χ2v) is 7.19. The van der Waals surface area contributed by atoms with Crippen LogP contribution in [0, 0.1) is 12.7 Å². The molecule has 1 aromatic heterocycles. The van der Waals surface area contributed by atoms with Crippen LogP contribution in [0.1, 0.15) is 50.2 Å². The normalized spacial score (nSPS) is 11.1. The molecule has 0 aliphatic carbocycles. The summed E-state index contributed by atoms with van der Waals surface area (Å²) in [6.07, 6.45) is 3.46. The molecule has 30 heavy (non-hydrogen) atoms. The SMILES string of the molecule is CCOC(=O)c1c(C)[nH]c(C=CC(=O)c2ccc(F)cc2)c1Cc1cccc(Cl)c1. The lowest BCUT2D eigenvalue weighted by molar-refractivity contribution is 0.0524. The van der Waals surface area contributed by atoms with Gasteiger partial charge in [0.25, 0.3) is 0 Å². The number of aromatic nitrogens is 1. The highest BCUT2D eigenvalue weighted by Crippen LogP contribution is 2.25. The second kappa shape index (κ2) is 9.55. The van der Waals surface area contributed by atoms with E-state index in [0.717, 1.165) is 11.1 Å². The summed E-state index contributed by atoms with van der Waals surface area (Å²) in [5.74, 6) is -1.10. The molecule has 2 aromatic carbocycles. The van der Waals surface area contributed by atoms with Crippen LogP contribution in [0.3, 0.4) is 0 Å². The number of halogens is 2. The number of hydrogen-bond acceptors (Lipinski definition) is 3. The van der Waals surface area contributed by atoms with Gasteiger partial charge < -0.3 is 9.72 Å². The van der Waals surface area contributed by atoms with Crippen LogP contribution in [0.4, 0.5) is 4.39 Å². The number of aromatic amines is 1. The zero-order valence-corrected chi connectivity index (χ0v) is 17.4. The van der Waals surface area contributed by atoms with Gasteiger partial charge in [-0.15, -0.1) is 0 Å². The van der Waals surface area contributed by atoms with Gasteiger partial charge in [0.15, 0.2) is 5.78 Å². The molecule has 6 heteroatoms. The number of carbonyl (C=O) groups excluding carboxylic acids is 2. The van der Waals surface area contributed by atoms with E-state index in [-0.39, 0.29) is 12.4 Å². The highest BCUT2D eigenvalue weighted by molar-refractivity contribution is 6.30. The Balaban J connectivity index is 1.98. The maximum Gasteiger partial charge on any atom is 0.340 e. The summed E-state index contributed by atoms with van der Waals surface area (Å²) >= 11 is 6.11. The average Bonchev–Trinajstić information content (AvgIpc) is 3.02. The zero-order valence-electron chi connectivity index (χ0n) is 16.7. The Bertz CT molecular complexity index is 1100. The number of benzene rings is 2. The molecule has 1 heterocycles. The Morgan fingerprint density at radius 3 is 2.57 bits per heavy atom. The number of allylic oxidation sites excluding steroid dienone is 1. The number of rotatable bonds is 7. The van der Waals surface area contributed by atoms with Crippen molar-refractivity contribution in [2.24, 2.45) is 0 Å². The van der Waals surface area contributed by atoms with E-state index >= 15 is 0 Å². The first-order valence-corrected chi connectivity index (χ1v) is 9.87. The van der Waals surface area contributed by atoms with Crippen molar-refractivity contribution in [3.63, 3.8) is 0 Å². The Morgan fingerprint density at radius 1 is 1.17 bits per heavy atom. The minimum absolute atomic E-state index is 0.258. The van der Waals surface area contributed by atoms with E-state index in [1.54, 1.807) is 26.0 Å². The Morgan fingerprint density at radius 2 is 1.90 bits per heavy atom. The van der Waals surface area contributed by atoms with Crippen LogP contribution in [-0.4, -0.2) is 23.3 Å². The maximum atomic E-state index is 13.1. The molecule has 4 nitrogen and oxygen atoms in total. The molecule has 1 N–H and O–H groups in total. The first kappa shape index (κ1) is 21.5. The Kier molecular flexibility index (Phi) is 6.85. The van der Waals surface area contributed by atoms with E-state index in [4.69, 9.17) is 16.3 Å². The van der Waals surface area contributed by atoms with Crippen LogP contribution in [0.2, 0.25) is 5.02 Å². The highest BCUT2D eigenvalue weighted by Gasteiger charge is 2.21. The van der Waals surface area contributed by atoms with Crippen LogP contribution in [-0.2, 0) is 11.2 Å². The molecule has 3 rings (SSSR count). The second-order valence-electron chi connectivity index (χ2n) is 6.75. The Hall–Kier alpha value is -3.18. The van der Waals surface area contributed by atoms with Crippen molar-refractivity contribution in [2.75, 3.05) is 6.61 Å². The molecule has 0 unspecified atom stereocenters. The van der Waals surface area contributed by atoms with E-state index in [0.29, 0.717) is 34.0 Å². The first-order chi connectivity index (χ1) is 14.4. The third-order valence-electron chi connectivity index (χ3n) is 4.60. The van der Waals surface area contributed by atoms with E-state index in [1.165, 1.54) is 30.3 Å². The van der Waals surface area contributed by atoms with E-state index < -0.39 is 11.8 Å². The summed E-state index contributed by atoms with van der Waals surface area (Å²) in [6.45, 7) is 3.79. The van der Waals surface area contributed by atoms with Gasteiger partial charge in [0.1, 0.15) is 5.82 Å². The maximum absolute atomic E-state index is 13.1. The minimum Gasteiger partial charge on any atom is -0.462 e. The molecule has 0 spiro atoms. The van der Waals surface area contributed by atoms with E-state index in [2.05, 4.69) is 4.98 Å². The molecule has 0 aliphatic rings. The molecule has 0 radical (unpaired) electrons.